The van der Waals surface area contributed by atoms with Crippen LogP contribution in [0.25, 0.3) is 0 Å². The Balaban J connectivity index is 1.50. The van der Waals surface area contributed by atoms with Gasteiger partial charge in [-0.05, 0) is 75.4 Å². The summed E-state index contributed by atoms with van der Waals surface area (Å²) < 4.78 is 5.34. The molecule has 1 aliphatic carbocycles. The highest BCUT2D eigenvalue weighted by atomic mass is 35.5. The van der Waals surface area contributed by atoms with Gasteiger partial charge in [-0.25, -0.2) is 4.79 Å². The Kier molecular flexibility index (Phi) is 9.53. The number of carbonyl (C=O) groups is 3. The number of carbonyl (C=O) groups excluding carboxylic acids is 3. The molecule has 222 valence electrons. The van der Waals surface area contributed by atoms with Crippen molar-refractivity contribution in [2.75, 3.05) is 32.0 Å². The minimum absolute atomic E-state index is 0.110. The van der Waals surface area contributed by atoms with Crippen LogP contribution in [0.15, 0.2) is 42.5 Å². The van der Waals surface area contributed by atoms with Gasteiger partial charge in [-0.15, -0.1) is 0 Å². The van der Waals surface area contributed by atoms with Crippen molar-refractivity contribution >= 4 is 46.8 Å². The van der Waals surface area contributed by atoms with Crippen LogP contribution < -0.4 is 10.6 Å². The summed E-state index contributed by atoms with van der Waals surface area (Å²) >= 11 is 12.2. The summed E-state index contributed by atoms with van der Waals surface area (Å²) in [5, 5.41) is 16.6. The number of benzene rings is 2. The van der Waals surface area contributed by atoms with Crippen LogP contribution in [0, 0.1) is 0 Å². The smallest absolute Gasteiger partial charge is 0.408 e. The molecule has 2 unspecified atom stereocenters. The number of aliphatic hydroxyl groups is 1. The molecular formula is C30H38Cl2N4O5. The highest BCUT2D eigenvalue weighted by molar-refractivity contribution is 6.42. The molecule has 2 aromatic carbocycles. The lowest BCUT2D eigenvalue weighted by molar-refractivity contribution is -0.131. The molecule has 3 N–H and O–H groups in total. The molecule has 1 aliphatic heterocycles. The lowest BCUT2D eigenvalue weighted by Gasteiger charge is -2.32. The zero-order valence-electron chi connectivity index (χ0n) is 23.9. The van der Waals surface area contributed by atoms with Gasteiger partial charge in [0.1, 0.15) is 11.1 Å². The number of likely N-dealkylation sites (tertiary alicyclic amines) is 1. The van der Waals surface area contributed by atoms with Gasteiger partial charge in [0.25, 0.3) is 0 Å². The van der Waals surface area contributed by atoms with Crippen molar-refractivity contribution in [1.29, 1.82) is 0 Å². The van der Waals surface area contributed by atoms with Crippen molar-refractivity contribution in [2.24, 2.45) is 0 Å². The summed E-state index contributed by atoms with van der Waals surface area (Å²) in [6.45, 7) is 7.07. The fourth-order valence-electron chi connectivity index (χ4n) is 4.90. The molecule has 2 fully saturated rings. The number of nitrogens with one attached hydrogen (secondary N) is 2. The van der Waals surface area contributed by atoms with E-state index in [2.05, 4.69) is 15.5 Å². The molecule has 2 aliphatic rings. The molecule has 41 heavy (non-hydrogen) atoms. The number of hydrogen-bond donors (Lipinski definition) is 3. The fraction of sp³-hybridized carbons (Fsp3) is 0.500. The number of β-amino-alcohol motifs (C(OH)–C–C–N with tert-alkyl or cyclic N) is 1. The number of rotatable bonds is 9. The van der Waals surface area contributed by atoms with Crippen molar-refractivity contribution in [3.8, 4) is 0 Å². The lowest BCUT2D eigenvalue weighted by Crippen LogP contribution is -2.47. The number of amides is 3. The molecule has 2 atom stereocenters. The van der Waals surface area contributed by atoms with Gasteiger partial charge in [0.05, 0.1) is 28.6 Å². The van der Waals surface area contributed by atoms with Crippen LogP contribution >= 0.6 is 23.2 Å². The van der Waals surface area contributed by atoms with Crippen LogP contribution in [-0.4, -0.2) is 76.7 Å². The number of alkyl carbamates (subject to hydrolysis) is 1. The molecule has 11 heteroatoms. The minimum atomic E-state index is -1.00. The van der Waals surface area contributed by atoms with E-state index in [0.717, 1.165) is 17.7 Å². The summed E-state index contributed by atoms with van der Waals surface area (Å²) in [5.41, 5.74) is 0.463. The standard InChI is InChI=1S/C30H38Cl2N4O5/c1-29(2,3)41-28(40)34-30(11-12-30)27(39)33-21-7-5-6-20(16-21)25(18-36-13-10-22(37)17-36)35(4)26(38)15-19-8-9-23(31)24(32)14-19/h5-9,14,16,22,25,37H,10-13,15,17-18H2,1-4H3,(H,33,39)(H,34,40). The van der Waals surface area contributed by atoms with Gasteiger partial charge in [0, 0.05) is 32.4 Å². The second-order valence-electron chi connectivity index (χ2n) is 11.9. The van der Waals surface area contributed by atoms with Crippen LogP contribution in [0.5, 0.6) is 0 Å². The number of ether oxygens (including phenoxy) is 1. The molecule has 4 rings (SSSR count). The van der Waals surface area contributed by atoms with Gasteiger partial charge in [0.15, 0.2) is 0 Å². The van der Waals surface area contributed by atoms with Gasteiger partial charge in [0.2, 0.25) is 11.8 Å². The first-order chi connectivity index (χ1) is 19.2. The Bertz CT molecular complexity index is 1290. The van der Waals surface area contributed by atoms with E-state index >= 15 is 0 Å². The van der Waals surface area contributed by atoms with E-state index in [1.807, 2.05) is 18.2 Å². The van der Waals surface area contributed by atoms with Crippen LogP contribution in [-0.2, 0) is 20.7 Å². The molecule has 0 radical (unpaired) electrons. The van der Waals surface area contributed by atoms with Crippen LogP contribution in [0.3, 0.4) is 0 Å². The zero-order valence-corrected chi connectivity index (χ0v) is 25.4. The largest absolute Gasteiger partial charge is 0.444 e. The maximum absolute atomic E-state index is 13.4. The molecule has 0 bridgehead atoms. The first-order valence-electron chi connectivity index (χ1n) is 13.8. The van der Waals surface area contributed by atoms with E-state index in [1.54, 1.807) is 57.0 Å². The van der Waals surface area contributed by atoms with E-state index in [1.165, 1.54) is 0 Å². The molecule has 0 aromatic heterocycles. The molecule has 3 amide bonds. The molecule has 1 saturated carbocycles. The van der Waals surface area contributed by atoms with Crippen molar-refractivity contribution in [2.45, 2.75) is 69.7 Å². The summed E-state index contributed by atoms with van der Waals surface area (Å²) in [4.78, 5) is 42.8. The van der Waals surface area contributed by atoms with Crippen LogP contribution in [0.1, 0.15) is 57.2 Å². The van der Waals surface area contributed by atoms with Gasteiger partial charge in [-0.1, -0.05) is 41.4 Å². The Morgan fingerprint density at radius 3 is 2.49 bits per heavy atom. The number of aliphatic hydroxyl groups excluding tert-OH is 1. The Hall–Kier alpha value is -2.85. The Labute approximate surface area is 251 Å². The van der Waals surface area contributed by atoms with Gasteiger partial charge < -0.3 is 25.4 Å². The maximum atomic E-state index is 13.4. The highest BCUT2D eigenvalue weighted by Crippen LogP contribution is 2.37. The van der Waals surface area contributed by atoms with Gasteiger partial charge in [-0.2, -0.15) is 0 Å². The third-order valence-electron chi connectivity index (χ3n) is 7.33. The second-order valence-corrected chi connectivity index (χ2v) is 12.8. The fourth-order valence-corrected chi connectivity index (χ4v) is 5.22. The van der Waals surface area contributed by atoms with Crippen molar-refractivity contribution < 1.29 is 24.2 Å². The quantitative estimate of drug-likeness (QED) is 0.379. The van der Waals surface area contributed by atoms with Crippen LogP contribution in [0.4, 0.5) is 10.5 Å². The predicted octanol–water partition coefficient (Wildman–Crippen LogP) is 4.80. The zero-order chi connectivity index (χ0) is 29.9. The molecule has 9 nitrogen and oxygen atoms in total. The molecule has 0 spiro atoms. The summed E-state index contributed by atoms with van der Waals surface area (Å²) in [5.74, 6) is -0.426. The first kappa shape index (κ1) is 31.1. The Morgan fingerprint density at radius 2 is 1.88 bits per heavy atom. The second kappa shape index (κ2) is 12.6. The van der Waals surface area contributed by atoms with Gasteiger partial charge in [-0.3, -0.25) is 14.5 Å². The van der Waals surface area contributed by atoms with Crippen molar-refractivity contribution in [1.82, 2.24) is 15.1 Å². The third-order valence-corrected chi connectivity index (χ3v) is 8.07. The molecular weight excluding hydrogens is 567 g/mol. The van der Waals surface area contributed by atoms with E-state index in [4.69, 9.17) is 27.9 Å². The number of likely N-dealkylation sites (N-methyl/N-ethyl adjacent to an activating group) is 1. The summed E-state index contributed by atoms with van der Waals surface area (Å²) in [6, 6.07) is 12.2. The minimum Gasteiger partial charge on any atom is -0.444 e. The van der Waals surface area contributed by atoms with Crippen LogP contribution in [0.2, 0.25) is 10.0 Å². The van der Waals surface area contributed by atoms with E-state index in [-0.39, 0.29) is 24.3 Å². The SMILES string of the molecule is CN(C(=O)Cc1ccc(Cl)c(Cl)c1)C(CN1CCC(O)C1)c1cccc(NC(=O)C2(NC(=O)OC(C)(C)C)CC2)c1. The first-order valence-corrected chi connectivity index (χ1v) is 14.5. The van der Waals surface area contributed by atoms with E-state index in [0.29, 0.717) is 48.1 Å². The van der Waals surface area contributed by atoms with E-state index < -0.39 is 23.3 Å². The van der Waals surface area contributed by atoms with Crippen molar-refractivity contribution in [3.05, 3.63) is 63.6 Å². The molecule has 2 aromatic rings. The average Bonchev–Trinajstić information content (AvgIpc) is 3.55. The number of nitrogens with zero attached hydrogens (tertiary/aromatic N) is 2. The predicted molar refractivity (Wildman–Crippen MR) is 159 cm³/mol. The number of hydrogen-bond acceptors (Lipinski definition) is 6. The van der Waals surface area contributed by atoms with E-state index in [9.17, 15) is 19.5 Å². The average molecular weight is 606 g/mol. The highest BCUT2D eigenvalue weighted by Gasteiger charge is 2.52. The normalized spacial score (nSPS) is 18.9. The maximum Gasteiger partial charge on any atom is 0.408 e. The lowest BCUT2D eigenvalue weighted by atomic mass is 10.0. The summed E-state index contributed by atoms with van der Waals surface area (Å²) in [6.07, 6.45) is 0.825. The van der Waals surface area contributed by atoms with Gasteiger partial charge >= 0.3 is 6.09 Å². The Morgan fingerprint density at radius 1 is 1.15 bits per heavy atom. The topological polar surface area (TPSA) is 111 Å². The molecule has 1 saturated heterocycles. The van der Waals surface area contributed by atoms with Crippen molar-refractivity contribution in [3.63, 3.8) is 0 Å². The number of halogens is 2. The monoisotopic (exact) mass is 604 g/mol. The molecule has 1 heterocycles. The number of anilines is 1. The third kappa shape index (κ3) is 8.35. The summed E-state index contributed by atoms with van der Waals surface area (Å²) in [7, 11) is 1.76.